The maximum atomic E-state index is 12.9. The maximum absolute atomic E-state index is 12.9. The zero-order chi connectivity index (χ0) is 23.3. The van der Waals surface area contributed by atoms with Gasteiger partial charge in [0.15, 0.2) is 0 Å². The molecule has 0 aliphatic carbocycles. The smallest absolute Gasteiger partial charge is 0.246 e. The molecular formula is C23H26N4O5S. The number of hydrogen-bond acceptors (Lipinski definition) is 7. The van der Waals surface area contributed by atoms with Crippen molar-refractivity contribution in [1.29, 1.82) is 0 Å². The minimum atomic E-state index is -3.63. The van der Waals surface area contributed by atoms with Gasteiger partial charge in [0.25, 0.3) is 0 Å². The Labute approximate surface area is 192 Å². The highest BCUT2D eigenvalue weighted by Crippen LogP contribution is 2.24. The number of amides is 1. The molecule has 1 atom stereocenters. The van der Waals surface area contributed by atoms with Gasteiger partial charge in [0.05, 0.1) is 24.0 Å². The fourth-order valence-corrected chi connectivity index (χ4v) is 5.28. The van der Waals surface area contributed by atoms with Crippen LogP contribution < -0.4 is 10.1 Å². The van der Waals surface area contributed by atoms with Crippen LogP contribution in [0.2, 0.25) is 0 Å². The van der Waals surface area contributed by atoms with E-state index in [1.54, 1.807) is 30.3 Å². The molecule has 174 valence electrons. The summed E-state index contributed by atoms with van der Waals surface area (Å²) in [5, 5.41) is 6.76. The number of aromatic nitrogens is 2. The van der Waals surface area contributed by atoms with Gasteiger partial charge in [0.1, 0.15) is 5.75 Å². The molecule has 33 heavy (non-hydrogen) atoms. The number of carbonyl (C=O) groups is 1. The van der Waals surface area contributed by atoms with Gasteiger partial charge in [-0.15, -0.1) is 0 Å². The molecule has 2 aromatic carbocycles. The van der Waals surface area contributed by atoms with Gasteiger partial charge in [-0.2, -0.15) is 9.29 Å². The molecular weight excluding hydrogens is 444 g/mol. The second-order valence-corrected chi connectivity index (χ2v) is 9.64. The number of benzene rings is 2. The molecule has 1 N–H and O–H groups in total. The summed E-state index contributed by atoms with van der Waals surface area (Å²) in [5.41, 5.74) is 0.772. The van der Waals surface area contributed by atoms with Gasteiger partial charge in [-0.1, -0.05) is 23.4 Å². The normalized spacial score (nSPS) is 16.9. The highest BCUT2D eigenvalue weighted by Gasteiger charge is 2.33. The third-order valence-corrected chi connectivity index (χ3v) is 7.32. The number of hydrogen-bond donors (Lipinski definition) is 1. The molecule has 1 aliphatic rings. The SMILES string of the molecule is CCOc1ccc(-c2noc(CNC(=O)[C@H]3CCCN(S(=O)(=O)c4ccccc4)C3)n2)cc1. The monoisotopic (exact) mass is 470 g/mol. The highest BCUT2D eigenvalue weighted by atomic mass is 32.2. The summed E-state index contributed by atoms with van der Waals surface area (Å²) in [4.78, 5) is 17.3. The number of sulfonamides is 1. The molecule has 1 aliphatic heterocycles. The Bertz CT molecular complexity index is 1180. The molecule has 0 bridgehead atoms. The summed E-state index contributed by atoms with van der Waals surface area (Å²) in [6, 6.07) is 15.6. The zero-order valence-corrected chi connectivity index (χ0v) is 19.1. The second-order valence-electron chi connectivity index (χ2n) is 7.70. The minimum absolute atomic E-state index is 0.0742. The Hall–Kier alpha value is -3.24. The van der Waals surface area contributed by atoms with Crippen LogP contribution >= 0.6 is 0 Å². The lowest BCUT2D eigenvalue weighted by molar-refractivity contribution is -0.126. The van der Waals surface area contributed by atoms with Crippen LogP contribution in [0.25, 0.3) is 11.4 Å². The lowest BCUT2D eigenvalue weighted by Crippen LogP contribution is -2.45. The number of rotatable bonds is 8. The summed E-state index contributed by atoms with van der Waals surface area (Å²) in [6.07, 6.45) is 1.24. The quantitative estimate of drug-likeness (QED) is 0.538. The van der Waals surface area contributed by atoms with Crippen LogP contribution in [-0.2, 0) is 21.4 Å². The third kappa shape index (κ3) is 5.40. The van der Waals surface area contributed by atoms with E-state index in [1.165, 1.54) is 4.31 Å². The van der Waals surface area contributed by atoms with Crippen molar-refractivity contribution >= 4 is 15.9 Å². The topological polar surface area (TPSA) is 115 Å². The van der Waals surface area contributed by atoms with Gasteiger partial charge >= 0.3 is 0 Å². The lowest BCUT2D eigenvalue weighted by Gasteiger charge is -2.31. The predicted octanol–water partition coefficient (Wildman–Crippen LogP) is 2.85. The van der Waals surface area contributed by atoms with Gasteiger partial charge < -0.3 is 14.6 Å². The van der Waals surface area contributed by atoms with Crippen molar-refractivity contribution in [1.82, 2.24) is 19.8 Å². The molecule has 1 aromatic heterocycles. The Kier molecular flexibility index (Phi) is 7.05. The zero-order valence-electron chi connectivity index (χ0n) is 18.3. The summed E-state index contributed by atoms with van der Waals surface area (Å²) >= 11 is 0. The van der Waals surface area contributed by atoms with Crippen LogP contribution in [0.3, 0.4) is 0 Å². The molecule has 0 unspecified atom stereocenters. The number of carbonyl (C=O) groups excluding carboxylic acids is 1. The van der Waals surface area contributed by atoms with E-state index >= 15 is 0 Å². The van der Waals surface area contributed by atoms with E-state index in [9.17, 15) is 13.2 Å². The van der Waals surface area contributed by atoms with Crippen molar-refractivity contribution in [2.75, 3.05) is 19.7 Å². The molecule has 4 rings (SSSR count). The molecule has 1 fully saturated rings. The van der Waals surface area contributed by atoms with Gasteiger partial charge in [-0.25, -0.2) is 8.42 Å². The van der Waals surface area contributed by atoms with E-state index in [0.717, 1.165) is 11.3 Å². The molecule has 0 saturated carbocycles. The van der Waals surface area contributed by atoms with Gasteiger partial charge in [0, 0.05) is 18.7 Å². The van der Waals surface area contributed by atoms with Crippen molar-refractivity contribution in [3.63, 3.8) is 0 Å². The van der Waals surface area contributed by atoms with Crippen molar-refractivity contribution in [2.45, 2.75) is 31.2 Å². The van der Waals surface area contributed by atoms with E-state index < -0.39 is 15.9 Å². The average molecular weight is 471 g/mol. The van der Waals surface area contributed by atoms with Gasteiger partial charge in [-0.05, 0) is 56.2 Å². The van der Waals surface area contributed by atoms with Crippen molar-refractivity contribution in [2.24, 2.45) is 5.92 Å². The van der Waals surface area contributed by atoms with E-state index in [0.29, 0.717) is 31.8 Å². The number of piperidine rings is 1. The molecule has 10 heteroatoms. The van der Waals surface area contributed by atoms with Crippen LogP contribution in [0, 0.1) is 5.92 Å². The van der Waals surface area contributed by atoms with E-state index in [1.807, 2.05) is 31.2 Å². The molecule has 1 amide bonds. The Morgan fingerprint density at radius 2 is 1.94 bits per heavy atom. The summed E-state index contributed by atoms with van der Waals surface area (Å²) < 4.78 is 37.8. The van der Waals surface area contributed by atoms with Gasteiger partial charge in [0.2, 0.25) is 27.6 Å². The first-order chi connectivity index (χ1) is 16.0. The van der Waals surface area contributed by atoms with Crippen LogP contribution in [0.5, 0.6) is 5.75 Å². The number of ether oxygens (including phenoxy) is 1. The highest BCUT2D eigenvalue weighted by molar-refractivity contribution is 7.89. The molecule has 3 aromatic rings. The van der Waals surface area contributed by atoms with E-state index in [4.69, 9.17) is 9.26 Å². The molecule has 9 nitrogen and oxygen atoms in total. The van der Waals surface area contributed by atoms with Crippen LogP contribution in [0.4, 0.5) is 0 Å². The van der Waals surface area contributed by atoms with E-state index in [-0.39, 0.29) is 29.8 Å². The van der Waals surface area contributed by atoms with E-state index in [2.05, 4.69) is 15.5 Å². The standard InChI is InChI=1S/C23H26N4O5S/c1-2-31-19-12-10-17(11-13-19)22-25-21(32-26-22)15-24-23(28)18-7-6-14-27(16-18)33(29,30)20-8-4-3-5-9-20/h3-5,8-13,18H,2,6-7,14-16H2,1H3,(H,24,28)/t18-/m0/s1. The second kappa shape index (κ2) is 10.1. The molecule has 2 heterocycles. The van der Waals surface area contributed by atoms with Gasteiger partial charge in [-0.3, -0.25) is 4.79 Å². The fourth-order valence-electron chi connectivity index (χ4n) is 3.73. The fraction of sp³-hybridized carbons (Fsp3) is 0.348. The molecule has 0 radical (unpaired) electrons. The van der Waals surface area contributed by atoms with Crippen molar-refractivity contribution in [3.8, 4) is 17.1 Å². The lowest BCUT2D eigenvalue weighted by atomic mass is 9.99. The minimum Gasteiger partial charge on any atom is -0.494 e. The van der Waals surface area contributed by atoms with Crippen LogP contribution in [0.15, 0.2) is 64.0 Å². The van der Waals surface area contributed by atoms with Crippen molar-refractivity contribution in [3.05, 3.63) is 60.5 Å². The summed E-state index contributed by atoms with van der Waals surface area (Å²) in [7, 11) is -3.63. The van der Waals surface area contributed by atoms with Crippen LogP contribution in [-0.4, -0.2) is 48.5 Å². The van der Waals surface area contributed by atoms with Crippen molar-refractivity contribution < 1.29 is 22.5 Å². The predicted molar refractivity (Wildman–Crippen MR) is 121 cm³/mol. The largest absolute Gasteiger partial charge is 0.494 e. The molecule has 0 spiro atoms. The van der Waals surface area contributed by atoms with Crippen LogP contribution in [0.1, 0.15) is 25.7 Å². The first-order valence-corrected chi connectivity index (χ1v) is 12.3. The maximum Gasteiger partial charge on any atom is 0.246 e. The first-order valence-electron chi connectivity index (χ1n) is 10.9. The molecule has 1 saturated heterocycles. The summed E-state index contributed by atoms with van der Waals surface area (Å²) in [6.45, 7) is 3.12. The summed E-state index contributed by atoms with van der Waals surface area (Å²) in [5.74, 6) is 0.777. The Morgan fingerprint density at radius 3 is 2.67 bits per heavy atom. The first kappa shape index (κ1) is 22.9. The Morgan fingerprint density at radius 1 is 1.18 bits per heavy atom. The average Bonchev–Trinajstić information content (AvgIpc) is 3.33. The number of nitrogens with one attached hydrogen (secondary N) is 1. The number of nitrogens with zero attached hydrogens (tertiary/aromatic N) is 3. The Balaban J connectivity index is 1.34. The third-order valence-electron chi connectivity index (χ3n) is 5.44.